The number of anilines is 1. The van der Waals surface area contributed by atoms with Gasteiger partial charge in [0.05, 0.1) is 11.6 Å². The number of amides is 2. The predicted molar refractivity (Wildman–Crippen MR) is 144 cm³/mol. The third kappa shape index (κ3) is 5.11. The van der Waals surface area contributed by atoms with E-state index in [-0.39, 0.29) is 11.8 Å². The highest BCUT2D eigenvalue weighted by atomic mass is 16.2. The maximum atomic E-state index is 13.0. The summed E-state index contributed by atoms with van der Waals surface area (Å²) in [7, 11) is 2.10. The van der Waals surface area contributed by atoms with E-state index in [0.717, 1.165) is 41.7 Å². The number of nitrogens with one attached hydrogen (secondary N) is 2. The van der Waals surface area contributed by atoms with Crippen LogP contribution in [-0.4, -0.2) is 34.9 Å². The van der Waals surface area contributed by atoms with Crippen LogP contribution in [0.4, 0.5) is 5.69 Å². The molecule has 2 amide bonds. The molecule has 2 N–H and O–H groups in total. The maximum absolute atomic E-state index is 13.0. The van der Waals surface area contributed by atoms with E-state index in [2.05, 4.69) is 40.8 Å². The van der Waals surface area contributed by atoms with Gasteiger partial charge >= 0.3 is 0 Å². The third-order valence-corrected chi connectivity index (χ3v) is 6.89. The molecule has 7 heteroatoms. The summed E-state index contributed by atoms with van der Waals surface area (Å²) in [6, 6.07) is 22.8. The van der Waals surface area contributed by atoms with Gasteiger partial charge in [0.2, 0.25) is 0 Å². The normalized spacial score (nSPS) is 13.1. The number of benzene rings is 3. The van der Waals surface area contributed by atoms with Crippen molar-refractivity contribution >= 4 is 28.4 Å². The molecule has 0 aliphatic carbocycles. The summed E-state index contributed by atoms with van der Waals surface area (Å²) in [4.78, 5) is 28.3. The van der Waals surface area contributed by atoms with Crippen LogP contribution in [0.1, 0.15) is 50.0 Å². The number of aryl methyl sites for hydroxylation is 1. The summed E-state index contributed by atoms with van der Waals surface area (Å²) in [5.74, 6) is -0.387. The summed E-state index contributed by atoms with van der Waals surface area (Å²) < 4.78 is 1.91. The minimum absolute atomic E-state index is 0.184. The molecule has 0 atom stereocenters. The number of nitriles is 1. The molecule has 0 fully saturated rings. The van der Waals surface area contributed by atoms with E-state index in [1.54, 1.807) is 24.3 Å². The Kier molecular flexibility index (Phi) is 6.76. The van der Waals surface area contributed by atoms with Crippen molar-refractivity contribution in [3.63, 3.8) is 0 Å². The molecule has 3 aromatic carbocycles. The van der Waals surface area contributed by atoms with Crippen molar-refractivity contribution in [3.05, 3.63) is 100 Å². The first-order valence-electron chi connectivity index (χ1n) is 12.5. The maximum Gasteiger partial charge on any atom is 0.268 e. The molecule has 0 saturated heterocycles. The van der Waals surface area contributed by atoms with Gasteiger partial charge in [0.15, 0.2) is 0 Å². The monoisotopic (exact) mass is 491 g/mol. The number of carbonyl (C=O) groups is 2. The average Bonchev–Trinajstić information content (AvgIpc) is 3.29. The van der Waals surface area contributed by atoms with Gasteiger partial charge in [0.25, 0.3) is 11.8 Å². The van der Waals surface area contributed by atoms with E-state index in [4.69, 9.17) is 0 Å². The number of carbonyl (C=O) groups excluding carboxylic acids is 2. The lowest BCUT2D eigenvalue weighted by Crippen LogP contribution is -2.26. The first-order valence-corrected chi connectivity index (χ1v) is 12.5. The number of aromatic nitrogens is 1. The van der Waals surface area contributed by atoms with Gasteiger partial charge in [-0.3, -0.25) is 9.59 Å². The Labute approximate surface area is 216 Å². The molecule has 1 aliphatic rings. The van der Waals surface area contributed by atoms with E-state index in [9.17, 15) is 14.9 Å². The zero-order valence-electron chi connectivity index (χ0n) is 21.0. The Morgan fingerprint density at radius 3 is 2.68 bits per heavy atom. The molecule has 186 valence electrons. The number of likely N-dealkylation sites (N-methyl/N-ethyl adjacent to an activating group) is 1. The summed E-state index contributed by atoms with van der Waals surface area (Å²) in [5, 5.41) is 16.1. The van der Waals surface area contributed by atoms with Gasteiger partial charge in [-0.15, -0.1) is 0 Å². The highest BCUT2D eigenvalue weighted by molar-refractivity contribution is 6.04. The SMILES string of the molecule is CCn1c(C(=O)NCc2cccc(C(=O)Nc3ccc4c(c3)CN(C)CC4)c2)cc2ccc(C#N)cc21. The molecule has 7 nitrogen and oxygen atoms in total. The summed E-state index contributed by atoms with van der Waals surface area (Å²) in [5.41, 5.74) is 6.69. The fraction of sp³-hybridized carbons (Fsp3) is 0.233. The van der Waals surface area contributed by atoms with E-state index in [1.165, 1.54) is 11.1 Å². The molecule has 1 aromatic heterocycles. The van der Waals surface area contributed by atoms with Crippen molar-refractivity contribution in [2.45, 2.75) is 33.0 Å². The van der Waals surface area contributed by atoms with Crippen molar-refractivity contribution in [2.75, 3.05) is 18.9 Å². The zero-order chi connectivity index (χ0) is 25.9. The fourth-order valence-electron chi connectivity index (χ4n) is 4.93. The van der Waals surface area contributed by atoms with Gasteiger partial charge in [-0.25, -0.2) is 0 Å². The second-order valence-electron chi connectivity index (χ2n) is 9.47. The Morgan fingerprint density at radius 1 is 1.00 bits per heavy atom. The van der Waals surface area contributed by atoms with Crippen LogP contribution in [0.3, 0.4) is 0 Å². The van der Waals surface area contributed by atoms with Crippen molar-refractivity contribution in [3.8, 4) is 6.07 Å². The van der Waals surface area contributed by atoms with Crippen LogP contribution >= 0.6 is 0 Å². The van der Waals surface area contributed by atoms with Crippen LogP contribution in [0.5, 0.6) is 0 Å². The molecule has 0 saturated carbocycles. The lowest BCUT2D eigenvalue weighted by molar-refractivity contribution is 0.0941. The number of hydrogen-bond donors (Lipinski definition) is 2. The van der Waals surface area contributed by atoms with E-state index in [0.29, 0.717) is 29.9 Å². The molecular formula is C30H29N5O2. The molecular weight excluding hydrogens is 462 g/mol. The highest BCUT2D eigenvalue weighted by Gasteiger charge is 2.17. The number of rotatable bonds is 6. The molecule has 5 rings (SSSR count). The Morgan fingerprint density at radius 2 is 1.86 bits per heavy atom. The number of hydrogen-bond acceptors (Lipinski definition) is 4. The van der Waals surface area contributed by atoms with Gasteiger partial charge in [0, 0.05) is 48.3 Å². The summed E-state index contributed by atoms with van der Waals surface area (Å²) in [6.45, 7) is 4.79. The van der Waals surface area contributed by atoms with E-state index >= 15 is 0 Å². The molecule has 0 bridgehead atoms. The molecule has 2 heterocycles. The smallest absolute Gasteiger partial charge is 0.268 e. The van der Waals surface area contributed by atoms with Crippen molar-refractivity contribution < 1.29 is 9.59 Å². The zero-order valence-corrected chi connectivity index (χ0v) is 21.0. The van der Waals surface area contributed by atoms with Crippen LogP contribution < -0.4 is 10.6 Å². The van der Waals surface area contributed by atoms with E-state index in [1.807, 2.05) is 41.8 Å². The largest absolute Gasteiger partial charge is 0.347 e. The average molecular weight is 492 g/mol. The van der Waals surface area contributed by atoms with Crippen LogP contribution in [0.15, 0.2) is 66.7 Å². The number of fused-ring (bicyclic) bond motifs is 2. The van der Waals surface area contributed by atoms with Crippen LogP contribution in [-0.2, 0) is 26.1 Å². The first-order chi connectivity index (χ1) is 17.9. The second kappa shape index (κ2) is 10.3. The van der Waals surface area contributed by atoms with Crippen molar-refractivity contribution in [2.24, 2.45) is 0 Å². The third-order valence-electron chi connectivity index (χ3n) is 6.89. The van der Waals surface area contributed by atoms with Crippen LogP contribution in [0, 0.1) is 11.3 Å². The molecule has 1 aliphatic heterocycles. The van der Waals surface area contributed by atoms with Gasteiger partial charge < -0.3 is 20.1 Å². The lowest BCUT2D eigenvalue weighted by atomic mass is 9.99. The Bertz CT molecular complexity index is 1550. The second-order valence-corrected chi connectivity index (χ2v) is 9.47. The van der Waals surface area contributed by atoms with Crippen molar-refractivity contribution in [1.82, 2.24) is 14.8 Å². The van der Waals surface area contributed by atoms with Crippen molar-refractivity contribution in [1.29, 1.82) is 5.26 Å². The standard InChI is InChI=1S/C30H29N5O2/c1-3-35-27-14-20(17-31)7-8-23(27)16-28(35)30(37)32-18-21-5-4-6-24(13-21)29(36)33-26-10-9-22-11-12-34(2)19-25(22)15-26/h4-10,13-16H,3,11-12,18-19H2,1-2H3,(H,32,37)(H,33,36). The fourth-order valence-corrected chi connectivity index (χ4v) is 4.93. The van der Waals surface area contributed by atoms with Crippen LogP contribution in [0.2, 0.25) is 0 Å². The van der Waals surface area contributed by atoms with Gasteiger partial charge in [-0.05, 0) is 79.5 Å². The van der Waals surface area contributed by atoms with E-state index < -0.39 is 0 Å². The topological polar surface area (TPSA) is 90.2 Å². The highest BCUT2D eigenvalue weighted by Crippen LogP contribution is 2.23. The summed E-state index contributed by atoms with van der Waals surface area (Å²) >= 11 is 0. The van der Waals surface area contributed by atoms with Gasteiger partial charge in [-0.2, -0.15) is 5.26 Å². The molecule has 4 aromatic rings. The van der Waals surface area contributed by atoms with Gasteiger partial charge in [-0.1, -0.05) is 24.3 Å². The summed E-state index contributed by atoms with van der Waals surface area (Å²) in [6.07, 6.45) is 1.02. The Hall–Kier alpha value is -4.41. The quantitative estimate of drug-likeness (QED) is 0.409. The minimum Gasteiger partial charge on any atom is -0.347 e. The Balaban J connectivity index is 1.27. The minimum atomic E-state index is -0.203. The molecule has 0 radical (unpaired) electrons. The molecule has 37 heavy (non-hydrogen) atoms. The lowest BCUT2D eigenvalue weighted by Gasteiger charge is -2.25. The first kappa shape index (κ1) is 24.3. The molecule has 0 spiro atoms. The number of nitrogens with zero attached hydrogens (tertiary/aromatic N) is 3. The van der Waals surface area contributed by atoms with Gasteiger partial charge in [0.1, 0.15) is 5.69 Å². The molecule has 0 unspecified atom stereocenters. The van der Waals surface area contributed by atoms with Crippen LogP contribution in [0.25, 0.3) is 10.9 Å². The predicted octanol–water partition coefficient (Wildman–Crippen LogP) is 4.70.